The van der Waals surface area contributed by atoms with Gasteiger partial charge in [-0.3, -0.25) is 9.78 Å². The van der Waals surface area contributed by atoms with Crippen LogP contribution in [-0.4, -0.2) is 32.2 Å². The van der Waals surface area contributed by atoms with E-state index in [0.717, 1.165) is 24.0 Å². The van der Waals surface area contributed by atoms with Crippen LogP contribution in [0, 0.1) is 11.8 Å². The summed E-state index contributed by atoms with van der Waals surface area (Å²) < 4.78 is 14.7. The summed E-state index contributed by atoms with van der Waals surface area (Å²) in [5.41, 5.74) is 8.52. The van der Waals surface area contributed by atoms with Crippen LogP contribution >= 0.6 is 0 Å². The number of nitrogens with zero attached hydrogens (tertiary/aromatic N) is 3. The van der Waals surface area contributed by atoms with Gasteiger partial charge in [-0.05, 0) is 29.9 Å². The van der Waals surface area contributed by atoms with Crippen molar-refractivity contribution in [3.05, 3.63) is 88.5 Å². The molecule has 174 valence electrons. The second-order valence-electron chi connectivity index (χ2n) is 9.36. The van der Waals surface area contributed by atoms with Gasteiger partial charge in [-0.1, -0.05) is 60.7 Å². The Morgan fingerprint density at radius 1 is 1.03 bits per heavy atom. The Morgan fingerprint density at radius 2 is 1.74 bits per heavy atom. The van der Waals surface area contributed by atoms with Crippen molar-refractivity contribution < 1.29 is 9.47 Å². The number of hydrogen-bond donors (Lipinski definition) is 2. The van der Waals surface area contributed by atoms with E-state index >= 15 is 0 Å². The highest BCUT2D eigenvalue weighted by Crippen LogP contribution is 2.65. The van der Waals surface area contributed by atoms with E-state index in [2.05, 4.69) is 43.8 Å². The molecule has 6 rings (SSSR count). The van der Waals surface area contributed by atoms with Crippen LogP contribution in [0.1, 0.15) is 24.0 Å². The lowest BCUT2D eigenvalue weighted by atomic mass is 10.0. The van der Waals surface area contributed by atoms with Crippen LogP contribution in [0.25, 0.3) is 11.2 Å². The summed E-state index contributed by atoms with van der Waals surface area (Å²) in [7, 11) is 0. The number of nitrogens with one attached hydrogen (secondary N) is 1. The van der Waals surface area contributed by atoms with Crippen LogP contribution in [0.3, 0.4) is 0 Å². The van der Waals surface area contributed by atoms with Crippen molar-refractivity contribution >= 4 is 17.1 Å². The molecule has 8 heteroatoms. The van der Waals surface area contributed by atoms with Crippen molar-refractivity contribution in [1.29, 1.82) is 0 Å². The highest BCUT2D eigenvalue weighted by atomic mass is 16.5. The molecule has 0 saturated heterocycles. The maximum absolute atomic E-state index is 12.3. The molecular weight excluding hydrogens is 430 g/mol. The van der Waals surface area contributed by atoms with Gasteiger partial charge in [-0.15, -0.1) is 0 Å². The van der Waals surface area contributed by atoms with Crippen molar-refractivity contribution in [3.63, 3.8) is 0 Å². The lowest BCUT2D eigenvalue weighted by Crippen LogP contribution is -2.26. The number of anilines is 1. The Hall–Kier alpha value is -3.49. The highest BCUT2D eigenvalue weighted by Gasteiger charge is 2.67. The predicted octanol–water partition coefficient (Wildman–Crippen LogP) is 3.24. The highest BCUT2D eigenvalue weighted by molar-refractivity contribution is 5.71. The molecule has 2 saturated carbocycles. The number of aromatic amines is 1. The Labute approximate surface area is 196 Å². The summed E-state index contributed by atoms with van der Waals surface area (Å²) in [5, 5.41) is 0. The number of hydrogen-bond acceptors (Lipinski definition) is 6. The second kappa shape index (κ2) is 8.38. The molecule has 2 aliphatic rings. The van der Waals surface area contributed by atoms with Crippen LogP contribution in [0.2, 0.25) is 0 Å². The molecule has 4 aromatic rings. The first-order valence-corrected chi connectivity index (χ1v) is 11.6. The van der Waals surface area contributed by atoms with Gasteiger partial charge in [-0.2, -0.15) is 4.98 Å². The van der Waals surface area contributed by atoms with Gasteiger partial charge in [0.05, 0.1) is 37.8 Å². The van der Waals surface area contributed by atoms with Gasteiger partial charge in [0.25, 0.3) is 5.56 Å². The molecule has 2 aromatic heterocycles. The van der Waals surface area contributed by atoms with Crippen molar-refractivity contribution in [3.8, 4) is 0 Å². The van der Waals surface area contributed by atoms with Crippen molar-refractivity contribution in [2.24, 2.45) is 11.8 Å². The molecule has 8 nitrogen and oxygen atoms in total. The molecule has 0 aliphatic heterocycles. The minimum atomic E-state index is -0.313. The summed E-state index contributed by atoms with van der Waals surface area (Å²) in [6.45, 7) is 1.74. The smallest absolute Gasteiger partial charge is 0.280 e. The average molecular weight is 458 g/mol. The maximum atomic E-state index is 12.3. The Balaban J connectivity index is 1.25. The number of nitrogen functional groups attached to an aromatic ring is 1. The van der Waals surface area contributed by atoms with Gasteiger partial charge in [0.15, 0.2) is 11.2 Å². The van der Waals surface area contributed by atoms with Crippen molar-refractivity contribution in [2.75, 3.05) is 12.3 Å². The summed E-state index contributed by atoms with van der Waals surface area (Å²) in [5.74, 6) is 0.707. The topological polar surface area (TPSA) is 108 Å². The first-order chi connectivity index (χ1) is 16.6. The van der Waals surface area contributed by atoms with E-state index in [-0.39, 0.29) is 29.1 Å². The van der Waals surface area contributed by atoms with Gasteiger partial charge >= 0.3 is 0 Å². The van der Waals surface area contributed by atoms with Gasteiger partial charge < -0.3 is 19.8 Å². The van der Waals surface area contributed by atoms with Crippen molar-refractivity contribution in [2.45, 2.75) is 37.7 Å². The third-order valence-corrected chi connectivity index (χ3v) is 7.29. The molecule has 3 N–H and O–H groups in total. The zero-order valence-corrected chi connectivity index (χ0v) is 18.8. The number of rotatable bonds is 8. The van der Waals surface area contributed by atoms with Gasteiger partial charge in [0.1, 0.15) is 0 Å². The minimum Gasteiger partial charge on any atom is -0.376 e. The molecule has 0 spiro atoms. The molecule has 2 fully saturated rings. The molecule has 0 amide bonds. The Kier molecular flexibility index (Phi) is 5.19. The molecule has 0 unspecified atom stereocenters. The lowest BCUT2D eigenvalue weighted by molar-refractivity contribution is -0.0307. The fraction of sp³-hybridized carbons (Fsp3) is 0.346. The zero-order valence-electron chi connectivity index (χ0n) is 18.8. The van der Waals surface area contributed by atoms with E-state index in [1.165, 1.54) is 0 Å². The second-order valence-corrected chi connectivity index (χ2v) is 9.36. The summed E-state index contributed by atoms with van der Waals surface area (Å²) in [6.07, 6.45) is 3.57. The molecular formula is C26H27N5O3. The zero-order chi connectivity index (χ0) is 23.1. The number of imidazole rings is 1. The Morgan fingerprint density at radius 3 is 2.47 bits per heavy atom. The number of aromatic nitrogens is 4. The lowest BCUT2D eigenvalue weighted by Gasteiger charge is -2.24. The number of nitrogens with two attached hydrogens (primary N) is 1. The van der Waals surface area contributed by atoms with E-state index in [1.807, 2.05) is 36.4 Å². The van der Waals surface area contributed by atoms with E-state index in [4.69, 9.17) is 15.2 Å². The molecule has 2 heterocycles. The monoisotopic (exact) mass is 457 g/mol. The van der Waals surface area contributed by atoms with E-state index < -0.39 is 0 Å². The molecule has 4 atom stereocenters. The largest absolute Gasteiger partial charge is 0.376 e. The van der Waals surface area contributed by atoms with Gasteiger partial charge in [0, 0.05) is 5.92 Å². The van der Waals surface area contributed by atoms with Crippen molar-refractivity contribution in [1.82, 2.24) is 19.5 Å². The third-order valence-electron chi connectivity index (χ3n) is 7.29. The fourth-order valence-electron chi connectivity index (χ4n) is 5.56. The van der Waals surface area contributed by atoms with E-state index in [1.54, 1.807) is 6.33 Å². The number of ether oxygens (including phenoxy) is 2. The van der Waals surface area contributed by atoms with Gasteiger partial charge in [0.2, 0.25) is 5.95 Å². The quantitative estimate of drug-likeness (QED) is 0.421. The first-order valence-electron chi connectivity index (χ1n) is 11.6. The standard InChI is InChI=1S/C26H27N5O3/c27-25-29-23-22(24(32)30-25)28-16-31(23)26-11-20(26)19(15-33-13-17-7-3-1-4-8-17)21(12-26)34-14-18-9-5-2-6-10-18/h1-10,16,19-21H,11-15H2,(H3,27,29,30,32)/t19-,20-,21-,26-/m0/s1. The maximum Gasteiger partial charge on any atom is 0.280 e. The number of benzene rings is 2. The third kappa shape index (κ3) is 3.69. The number of fused-ring (bicyclic) bond motifs is 2. The summed E-state index contributed by atoms with van der Waals surface area (Å²) >= 11 is 0. The van der Waals surface area contributed by atoms with E-state index in [9.17, 15) is 4.79 Å². The van der Waals surface area contributed by atoms with E-state index in [0.29, 0.717) is 36.9 Å². The van der Waals surface area contributed by atoms with Crippen LogP contribution in [0.15, 0.2) is 71.8 Å². The average Bonchev–Trinajstić information content (AvgIpc) is 3.24. The first kappa shape index (κ1) is 21.1. The molecule has 34 heavy (non-hydrogen) atoms. The van der Waals surface area contributed by atoms with Crippen LogP contribution in [0.5, 0.6) is 0 Å². The number of H-pyrrole nitrogens is 1. The Bertz CT molecular complexity index is 1350. The fourth-order valence-corrected chi connectivity index (χ4v) is 5.56. The SMILES string of the molecule is Nc1nc2c(ncn2[C@@]23C[C@H](OCc4ccccc4)[C@@H](COCc4ccccc4)[C@@H]2C3)c(=O)[nH]1. The summed E-state index contributed by atoms with van der Waals surface area (Å²) in [4.78, 5) is 23.6. The van der Waals surface area contributed by atoms with Crippen LogP contribution in [-0.2, 0) is 28.2 Å². The van der Waals surface area contributed by atoms with Gasteiger partial charge in [-0.25, -0.2) is 4.98 Å². The molecule has 2 aliphatic carbocycles. The summed E-state index contributed by atoms with van der Waals surface area (Å²) in [6, 6.07) is 20.4. The normalized spacial score (nSPS) is 25.5. The van der Waals surface area contributed by atoms with Crippen LogP contribution < -0.4 is 11.3 Å². The minimum absolute atomic E-state index is 0.0338. The molecule has 0 bridgehead atoms. The molecule has 2 aromatic carbocycles. The predicted molar refractivity (Wildman–Crippen MR) is 128 cm³/mol. The van der Waals surface area contributed by atoms with Crippen LogP contribution in [0.4, 0.5) is 5.95 Å². The molecule has 0 radical (unpaired) electrons.